The van der Waals surface area contributed by atoms with E-state index >= 15 is 0 Å². The van der Waals surface area contributed by atoms with Crippen molar-refractivity contribution in [3.63, 3.8) is 0 Å². The number of pyridine rings is 1. The lowest BCUT2D eigenvalue weighted by atomic mass is 10.1. The molecule has 1 aromatic rings. The Morgan fingerprint density at radius 3 is 2.75 bits per heavy atom. The average molecular weight is 214 g/mol. The first kappa shape index (κ1) is 12.2. The van der Waals surface area contributed by atoms with Gasteiger partial charge in [-0.3, -0.25) is 0 Å². The summed E-state index contributed by atoms with van der Waals surface area (Å²) in [6.45, 7) is 9.46. The molecule has 0 amide bonds. The summed E-state index contributed by atoms with van der Waals surface area (Å²) in [5.74, 6) is 0.586. The molecular formula is C14H18N2. The van der Waals surface area contributed by atoms with E-state index in [1.807, 2.05) is 25.1 Å². The lowest BCUT2D eigenvalue weighted by Crippen LogP contribution is -1.97. The summed E-state index contributed by atoms with van der Waals surface area (Å²) in [6.07, 6.45) is 7.37. The molecule has 0 aliphatic rings. The van der Waals surface area contributed by atoms with Gasteiger partial charge in [-0.1, -0.05) is 31.4 Å². The number of hydrogen-bond acceptors (Lipinski definition) is 2. The number of aryl methyl sites for hydroxylation is 2. The van der Waals surface area contributed by atoms with Crippen LogP contribution in [0.25, 0.3) is 0 Å². The van der Waals surface area contributed by atoms with Gasteiger partial charge in [0.2, 0.25) is 0 Å². The molecule has 0 radical (unpaired) electrons. The van der Waals surface area contributed by atoms with E-state index in [0.717, 1.165) is 29.7 Å². The fourth-order valence-corrected chi connectivity index (χ4v) is 1.57. The number of hydrogen-bond donors (Lipinski definition) is 1. The molecule has 16 heavy (non-hydrogen) atoms. The zero-order chi connectivity index (χ0) is 12.0. The van der Waals surface area contributed by atoms with Crippen molar-refractivity contribution in [3.05, 3.63) is 60.3 Å². The van der Waals surface area contributed by atoms with Crippen LogP contribution in [-0.2, 0) is 6.42 Å². The van der Waals surface area contributed by atoms with E-state index in [-0.39, 0.29) is 0 Å². The molecule has 84 valence electrons. The largest absolute Gasteiger partial charge is 0.384 e. The molecule has 0 fully saturated rings. The van der Waals surface area contributed by atoms with Gasteiger partial charge >= 0.3 is 0 Å². The predicted molar refractivity (Wildman–Crippen MR) is 70.2 cm³/mol. The Kier molecular flexibility index (Phi) is 4.52. The van der Waals surface area contributed by atoms with Gasteiger partial charge in [0.15, 0.2) is 0 Å². The van der Waals surface area contributed by atoms with E-state index in [4.69, 9.17) is 5.73 Å². The number of nitrogens with zero attached hydrogens (tertiary/aromatic N) is 1. The van der Waals surface area contributed by atoms with Crippen LogP contribution in [0.1, 0.15) is 17.7 Å². The van der Waals surface area contributed by atoms with Crippen molar-refractivity contribution in [2.24, 2.45) is 0 Å². The number of allylic oxidation sites excluding steroid dienone is 4. The van der Waals surface area contributed by atoms with E-state index in [2.05, 4.69) is 24.2 Å². The van der Waals surface area contributed by atoms with Gasteiger partial charge in [-0.25, -0.2) is 4.98 Å². The number of aromatic nitrogens is 1. The van der Waals surface area contributed by atoms with Crippen molar-refractivity contribution < 1.29 is 0 Å². The Morgan fingerprint density at radius 1 is 1.44 bits per heavy atom. The molecule has 1 heterocycles. The quantitative estimate of drug-likeness (QED) is 0.764. The number of nitrogen functional groups attached to an aromatic ring is 1. The van der Waals surface area contributed by atoms with Crippen LogP contribution in [0.15, 0.2) is 49.1 Å². The van der Waals surface area contributed by atoms with Crippen molar-refractivity contribution >= 4 is 5.82 Å². The minimum atomic E-state index is 0.586. The molecule has 0 saturated carbocycles. The van der Waals surface area contributed by atoms with Gasteiger partial charge < -0.3 is 5.73 Å². The van der Waals surface area contributed by atoms with E-state index in [1.54, 1.807) is 6.08 Å². The topological polar surface area (TPSA) is 38.9 Å². The van der Waals surface area contributed by atoms with Crippen LogP contribution in [0.3, 0.4) is 0 Å². The maximum atomic E-state index is 5.69. The number of anilines is 1. The first-order valence-corrected chi connectivity index (χ1v) is 5.32. The lowest BCUT2D eigenvalue weighted by Gasteiger charge is -2.04. The fraction of sp³-hybridized carbons (Fsp3) is 0.214. The zero-order valence-corrected chi connectivity index (χ0v) is 9.74. The summed E-state index contributed by atoms with van der Waals surface area (Å²) in [4.78, 5) is 4.29. The normalized spacial score (nSPS) is 11.2. The highest BCUT2D eigenvalue weighted by molar-refractivity contribution is 5.34. The zero-order valence-electron chi connectivity index (χ0n) is 9.74. The monoisotopic (exact) mass is 214 g/mol. The van der Waals surface area contributed by atoms with Crippen LogP contribution in [-0.4, -0.2) is 4.98 Å². The summed E-state index contributed by atoms with van der Waals surface area (Å²) in [6, 6.07) is 3.93. The minimum absolute atomic E-state index is 0.586. The number of rotatable bonds is 5. The van der Waals surface area contributed by atoms with Crippen LogP contribution in [0, 0.1) is 6.92 Å². The molecule has 1 rings (SSSR count). The maximum absolute atomic E-state index is 5.69. The van der Waals surface area contributed by atoms with Gasteiger partial charge in [-0.15, -0.1) is 0 Å². The maximum Gasteiger partial charge on any atom is 0.123 e. The summed E-state index contributed by atoms with van der Waals surface area (Å²) in [7, 11) is 0. The molecule has 0 aliphatic carbocycles. The number of nitrogens with two attached hydrogens (primary N) is 1. The third-order valence-corrected chi connectivity index (χ3v) is 2.31. The molecule has 1 aromatic heterocycles. The van der Waals surface area contributed by atoms with Crippen molar-refractivity contribution in [1.82, 2.24) is 4.98 Å². The molecule has 2 N–H and O–H groups in total. The molecular weight excluding hydrogens is 196 g/mol. The average Bonchev–Trinajstić information content (AvgIpc) is 2.23. The van der Waals surface area contributed by atoms with Crippen LogP contribution < -0.4 is 5.73 Å². The smallest absolute Gasteiger partial charge is 0.123 e. The van der Waals surface area contributed by atoms with E-state index < -0.39 is 0 Å². The fourth-order valence-electron chi connectivity index (χ4n) is 1.57. The van der Waals surface area contributed by atoms with Crippen LogP contribution in [0.2, 0.25) is 0 Å². The second-order valence-electron chi connectivity index (χ2n) is 3.74. The van der Waals surface area contributed by atoms with Gasteiger partial charge in [-0.05, 0) is 43.0 Å². The van der Waals surface area contributed by atoms with Crippen molar-refractivity contribution in [2.75, 3.05) is 5.73 Å². The third-order valence-electron chi connectivity index (χ3n) is 2.31. The molecule has 0 aliphatic heterocycles. The summed E-state index contributed by atoms with van der Waals surface area (Å²) in [5, 5.41) is 0. The molecule has 0 atom stereocenters. The van der Waals surface area contributed by atoms with Crippen LogP contribution in [0.4, 0.5) is 5.82 Å². The summed E-state index contributed by atoms with van der Waals surface area (Å²) < 4.78 is 0. The Morgan fingerprint density at radius 2 is 2.19 bits per heavy atom. The van der Waals surface area contributed by atoms with Crippen LogP contribution >= 0.6 is 0 Å². The van der Waals surface area contributed by atoms with E-state index in [0.29, 0.717) is 5.82 Å². The van der Waals surface area contributed by atoms with Gasteiger partial charge in [0.25, 0.3) is 0 Å². The SMILES string of the molecule is C=C/C=C(\C=C)CCc1cc(C)cc(N)n1. The van der Waals surface area contributed by atoms with E-state index in [9.17, 15) is 0 Å². The highest BCUT2D eigenvalue weighted by atomic mass is 14.8. The Balaban J connectivity index is 2.70. The van der Waals surface area contributed by atoms with Gasteiger partial charge in [0.05, 0.1) is 0 Å². The Bertz CT molecular complexity index is 396. The molecule has 2 heteroatoms. The van der Waals surface area contributed by atoms with Crippen molar-refractivity contribution in [2.45, 2.75) is 19.8 Å². The minimum Gasteiger partial charge on any atom is -0.384 e. The van der Waals surface area contributed by atoms with E-state index in [1.165, 1.54) is 0 Å². The standard InChI is InChI=1S/C14H18N2/c1-4-6-12(5-2)7-8-13-9-11(3)10-14(15)16-13/h4-6,9-10H,1-2,7-8H2,3H3,(H2,15,16)/b12-6+. The van der Waals surface area contributed by atoms with Crippen LogP contribution in [0.5, 0.6) is 0 Å². The second kappa shape index (κ2) is 5.91. The third kappa shape index (κ3) is 3.73. The second-order valence-corrected chi connectivity index (χ2v) is 3.74. The Labute approximate surface area is 97.2 Å². The lowest BCUT2D eigenvalue weighted by molar-refractivity contribution is 0.918. The molecule has 0 saturated heterocycles. The van der Waals surface area contributed by atoms with Crippen molar-refractivity contribution in [3.8, 4) is 0 Å². The highest BCUT2D eigenvalue weighted by Crippen LogP contribution is 2.12. The summed E-state index contributed by atoms with van der Waals surface area (Å²) >= 11 is 0. The molecule has 0 spiro atoms. The first-order chi connectivity index (χ1) is 7.65. The molecule has 0 unspecified atom stereocenters. The predicted octanol–water partition coefficient (Wildman–Crippen LogP) is 3.20. The molecule has 2 nitrogen and oxygen atoms in total. The van der Waals surface area contributed by atoms with Crippen molar-refractivity contribution in [1.29, 1.82) is 0 Å². The van der Waals surface area contributed by atoms with Gasteiger partial charge in [0.1, 0.15) is 5.82 Å². The summed E-state index contributed by atoms with van der Waals surface area (Å²) in [5.41, 5.74) is 9.03. The van der Waals surface area contributed by atoms with Gasteiger partial charge in [-0.2, -0.15) is 0 Å². The van der Waals surface area contributed by atoms with Gasteiger partial charge in [0, 0.05) is 5.69 Å². The first-order valence-electron chi connectivity index (χ1n) is 5.32. The Hall–Kier alpha value is -1.83. The highest BCUT2D eigenvalue weighted by Gasteiger charge is 1.99. The molecule has 0 aromatic carbocycles. The molecule has 0 bridgehead atoms.